The number of hydrogen-bond acceptors (Lipinski definition) is 3. The molecule has 0 spiro atoms. The van der Waals surface area contributed by atoms with Gasteiger partial charge in [0.2, 0.25) is 10.0 Å². The topological polar surface area (TPSA) is 58.2 Å². The lowest BCUT2D eigenvalue weighted by Gasteiger charge is -2.10. The summed E-state index contributed by atoms with van der Waals surface area (Å²) in [6.07, 6.45) is 1.02. The molecular weight excluding hydrogens is 260 g/mol. The molecule has 0 radical (unpaired) electrons. The normalized spacial score (nSPS) is 20.6. The number of halogens is 1. The minimum atomic E-state index is -3.40. The maximum atomic E-state index is 11.9. The summed E-state index contributed by atoms with van der Waals surface area (Å²) >= 11 is 5.72. The first-order valence-electron chi connectivity index (χ1n) is 5.54. The largest absolute Gasteiger partial charge is 0.316 e. The van der Waals surface area contributed by atoms with E-state index in [0.29, 0.717) is 17.5 Å². The van der Waals surface area contributed by atoms with Crippen LogP contribution in [0.1, 0.15) is 6.42 Å². The molecule has 0 saturated carbocycles. The Labute approximate surface area is 106 Å². The monoisotopic (exact) mass is 274 g/mol. The Kier molecular flexibility index (Phi) is 4.04. The standard InChI is InChI=1S/C11H15ClN2O2S/c12-10-1-3-11(4-2-10)17(15,16)14-8-9-5-6-13-7-9/h1-4,9,13-14H,5-8H2. The molecule has 1 aromatic rings. The Morgan fingerprint density at radius 2 is 2.06 bits per heavy atom. The minimum absolute atomic E-state index is 0.257. The van der Waals surface area contributed by atoms with Crippen molar-refractivity contribution < 1.29 is 8.42 Å². The van der Waals surface area contributed by atoms with Gasteiger partial charge in [0.1, 0.15) is 0 Å². The molecule has 0 bridgehead atoms. The fourth-order valence-corrected chi connectivity index (χ4v) is 3.06. The van der Waals surface area contributed by atoms with Crippen molar-refractivity contribution in [2.75, 3.05) is 19.6 Å². The summed E-state index contributed by atoms with van der Waals surface area (Å²) in [5.41, 5.74) is 0. The van der Waals surface area contributed by atoms with Crippen LogP contribution in [-0.4, -0.2) is 28.1 Å². The van der Waals surface area contributed by atoms with Crippen molar-refractivity contribution in [3.63, 3.8) is 0 Å². The van der Waals surface area contributed by atoms with Crippen LogP contribution in [0.2, 0.25) is 5.02 Å². The summed E-state index contributed by atoms with van der Waals surface area (Å²) in [6.45, 7) is 2.33. The van der Waals surface area contributed by atoms with Gasteiger partial charge in [-0.2, -0.15) is 0 Å². The second kappa shape index (κ2) is 5.35. The van der Waals surface area contributed by atoms with E-state index in [4.69, 9.17) is 11.6 Å². The fourth-order valence-electron chi connectivity index (χ4n) is 1.81. The molecule has 1 aliphatic rings. The van der Waals surface area contributed by atoms with E-state index in [1.807, 2.05) is 0 Å². The summed E-state index contributed by atoms with van der Waals surface area (Å²) in [7, 11) is -3.40. The third-order valence-corrected chi connectivity index (χ3v) is 4.54. The van der Waals surface area contributed by atoms with E-state index in [2.05, 4.69) is 10.0 Å². The fraction of sp³-hybridized carbons (Fsp3) is 0.455. The predicted octanol–water partition coefficient (Wildman–Crippen LogP) is 1.23. The summed E-state index contributed by atoms with van der Waals surface area (Å²) in [5, 5.41) is 3.73. The van der Waals surface area contributed by atoms with Crippen molar-refractivity contribution in [3.8, 4) is 0 Å². The maximum absolute atomic E-state index is 11.9. The van der Waals surface area contributed by atoms with E-state index in [1.54, 1.807) is 12.1 Å². The van der Waals surface area contributed by atoms with Gasteiger partial charge in [0, 0.05) is 11.6 Å². The first kappa shape index (κ1) is 12.8. The van der Waals surface area contributed by atoms with Gasteiger partial charge in [-0.3, -0.25) is 0 Å². The second-order valence-corrected chi connectivity index (χ2v) is 6.37. The van der Waals surface area contributed by atoms with E-state index >= 15 is 0 Å². The molecule has 1 atom stereocenters. The van der Waals surface area contributed by atoms with Gasteiger partial charge in [0.15, 0.2) is 0 Å². The van der Waals surface area contributed by atoms with Gasteiger partial charge in [-0.15, -0.1) is 0 Å². The van der Waals surface area contributed by atoms with E-state index < -0.39 is 10.0 Å². The van der Waals surface area contributed by atoms with Gasteiger partial charge in [-0.25, -0.2) is 13.1 Å². The molecule has 2 rings (SSSR count). The zero-order chi connectivity index (χ0) is 12.3. The van der Waals surface area contributed by atoms with Gasteiger partial charge in [-0.05, 0) is 49.7 Å². The minimum Gasteiger partial charge on any atom is -0.316 e. The van der Waals surface area contributed by atoms with Crippen LogP contribution in [-0.2, 0) is 10.0 Å². The molecule has 1 aromatic carbocycles. The lowest BCUT2D eigenvalue weighted by Crippen LogP contribution is -2.30. The van der Waals surface area contributed by atoms with Crippen molar-refractivity contribution in [2.45, 2.75) is 11.3 Å². The predicted molar refractivity (Wildman–Crippen MR) is 67.6 cm³/mol. The van der Waals surface area contributed by atoms with Gasteiger partial charge < -0.3 is 5.32 Å². The molecule has 0 aromatic heterocycles. The van der Waals surface area contributed by atoms with Crippen molar-refractivity contribution in [1.29, 1.82) is 0 Å². The number of hydrogen-bond donors (Lipinski definition) is 2. The van der Waals surface area contributed by atoms with Crippen LogP contribution in [0.4, 0.5) is 0 Å². The quantitative estimate of drug-likeness (QED) is 0.868. The third-order valence-electron chi connectivity index (χ3n) is 2.85. The average Bonchev–Trinajstić information content (AvgIpc) is 2.80. The zero-order valence-corrected chi connectivity index (χ0v) is 10.9. The summed E-state index contributed by atoms with van der Waals surface area (Å²) in [4.78, 5) is 0.257. The molecule has 17 heavy (non-hydrogen) atoms. The highest BCUT2D eigenvalue weighted by atomic mass is 35.5. The zero-order valence-electron chi connectivity index (χ0n) is 9.32. The number of nitrogens with one attached hydrogen (secondary N) is 2. The molecule has 94 valence electrons. The molecule has 1 saturated heterocycles. The average molecular weight is 275 g/mol. The van der Waals surface area contributed by atoms with Crippen molar-refractivity contribution in [1.82, 2.24) is 10.0 Å². The van der Waals surface area contributed by atoms with E-state index in [-0.39, 0.29) is 4.90 Å². The van der Waals surface area contributed by atoms with Crippen LogP contribution in [0.15, 0.2) is 29.2 Å². The van der Waals surface area contributed by atoms with Crippen LogP contribution in [0.5, 0.6) is 0 Å². The van der Waals surface area contributed by atoms with Crippen LogP contribution < -0.4 is 10.0 Å². The smallest absolute Gasteiger partial charge is 0.240 e. The SMILES string of the molecule is O=S(=O)(NCC1CCNC1)c1ccc(Cl)cc1. The summed E-state index contributed by atoms with van der Waals surface area (Å²) in [6, 6.07) is 6.18. The van der Waals surface area contributed by atoms with Crippen molar-refractivity contribution in [2.24, 2.45) is 5.92 Å². The Morgan fingerprint density at radius 1 is 1.35 bits per heavy atom. The van der Waals surface area contributed by atoms with Crippen molar-refractivity contribution in [3.05, 3.63) is 29.3 Å². The molecular formula is C11H15ClN2O2S. The third kappa shape index (κ3) is 3.42. The van der Waals surface area contributed by atoms with Gasteiger partial charge in [-0.1, -0.05) is 11.6 Å². The maximum Gasteiger partial charge on any atom is 0.240 e. The summed E-state index contributed by atoms with van der Waals surface area (Å²) in [5.74, 6) is 0.386. The first-order chi connectivity index (χ1) is 8.08. The first-order valence-corrected chi connectivity index (χ1v) is 7.40. The molecule has 0 aliphatic carbocycles. The molecule has 1 unspecified atom stereocenters. The summed E-state index contributed by atoms with van der Waals surface area (Å²) < 4.78 is 26.5. The Hall–Kier alpha value is -0.620. The van der Waals surface area contributed by atoms with Gasteiger partial charge in [0.05, 0.1) is 4.90 Å². The number of sulfonamides is 1. The van der Waals surface area contributed by atoms with E-state index in [1.165, 1.54) is 12.1 Å². The Morgan fingerprint density at radius 3 is 2.65 bits per heavy atom. The molecule has 4 nitrogen and oxygen atoms in total. The molecule has 2 N–H and O–H groups in total. The number of benzene rings is 1. The van der Waals surface area contributed by atoms with Crippen molar-refractivity contribution >= 4 is 21.6 Å². The molecule has 1 aliphatic heterocycles. The second-order valence-electron chi connectivity index (χ2n) is 4.16. The van der Waals surface area contributed by atoms with Crippen LogP contribution in [0.25, 0.3) is 0 Å². The molecule has 0 amide bonds. The Balaban J connectivity index is 2.00. The Bertz CT molecular complexity index is 467. The van der Waals surface area contributed by atoms with Gasteiger partial charge >= 0.3 is 0 Å². The highest BCUT2D eigenvalue weighted by molar-refractivity contribution is 7.89. The molecule has 1 heterocycles. The lowest BCUT2D eigenvalue weighted by atomic mass is 10.1. The van der Waals surface area contributed by atoms with Crippen LogP contribution in [0, 0.1) is 5.92 Å². The molecule has 1 fully saturated rings. The molecule has 6 heteroatoms. The number of rotatable bonds is 4. The van der Waals surface area contributed by atoms with Gasteiger partial charge in [0.25, 0.3) is 0 Å². The highest BCUT2D eigenvalue weighted by Crippen LogP contribution is 2.14. The highest BCUT2D eigenvalue weighted by Gasteiger charge is 2.19. The lowest BCUT2D eigenvalue weighted by molar-refractivity contribution is 0.539. The van der Waals surface area contributed by atoms with E-state index in [9.17, 15) is 8.42 Å². The van der Waals surface area contributed by atoms with E-state index in [0.717, 1.165) is 19.5 Å². The van der Waals surface area contributed by atoms with Crippen LogP contribution in [0.3, 0.4) is 0 Å². The van der Waals surface area contributed by atoms with Crippen LogP contribution >= 0.6 is 11.6 Å².